The first-order chi connectivity index (χ1) is 6.29. The summed E-state index contributed by atoms with van der Waals surface area (Å²) in [5.41, 5.74) is 0. The van der Waals surface area contributed by atoms with Crippen molar-refractivity contribution in [3.05, 3.63) is 0 Å². The summed E-state index contributed by atoms with van der Waals surface area (Å²) in [7, 11) is 0. The molecule has 0 radical (unpaired) electrons. The number of carboxylic acid groups (broad SMARTS) is 2. The molecule has 6 N–H and O–H groups in total. The van der Waals surface area contributed by atoms with Gasteiger partial charge in [-0.05, 0) is 0 Å². The first-order valence-electron chi connectivity index (χ1n) is 3.47. The average molecular weight is 258 g/mol. The number of hydrogen-bond acceptors (Lipinski definition) is 6. The van der Waals surface area contributed by atoms with Gasteiger partial charge in [-0.1, -0.05) is 0 Å². The summed E-state index contributed by atoms with van der Waals surface area (Å²) < 4.78 is 0. The van der Waals surface area contributed by atoms with Crippen LogP contribution in [0.15, 0.2) is 0 Å². The van der Waals surface area contributed by atoms with Crippen LogP contribution in [0.4, 0.5) is 0 Å². The Hall–Kier alpha value is 0.780. The second-order valence-corrected chi connectivity index (χ2v) is 2.55. The summed E-state index contributed by atoms with van der Waals surface area (Å²) in [5, 5.41) is 51.5. The van der Waals surface area contributed by atoms with Crippen LogP contribution in [0.2, 0.25) is 0 Å². The van der Waals surface area contributed by atoms with E-state index in [1.165, 1.54) is 0 Å². The van der Waals surface area contributed by atoms with Crippen LogP contribution in [-0.4, -0.2) is 67.0 Å². The summed E-state index contributed by atoms with van der Waals surface area (Å²) >= 11 is 0. The number of carboxylic acids is 2. The zero-order valence-corrected chi connectivity index (χ0v) is 12.8. The van der Waals surface area contributed by atoms with Gasteiger partial charge in [0.1, 0.15) is 12.2 Å². The SMILES string of the molecule is O=C(O)[C@@H](O)[C@@H](O)[C@H](O)[C@@H](O)C(=O)O.[H-].[H-].[Na+].[Na+]. The van der Waals surface area contributed by atoms with E-state index in [-0.39, 0.29) is 62.0 Å². The van der Waals surface area contributed by atoms with Gasteiger partial charge in [-0.25, -0.2) is 9.59 Å². The molecule has 10 heteroatoms. The zero-order chi connectivity index (χ0) is 11.5. The molecule has 0 aliphatic carbocycles. The molecule has 0 aliphatic heterocycles. The van der Waals surface area contributed by atoms with Gasteiger partial charge in [0.25, 0.3) is 0 Å². The van der Waals surface area contributed by atoms with Crippen molar-refractivity contribution in [1.29, 1.82) is 0 Å². The number of aliphatic hydroxyl groups is 4. The van der Waals surface area contributed by atoms with Gasteiger partial charge in [-0.15, -0.1) is 0 Å². The number of aliphatic hydroxyl groups excluding tert-OH is 4. The molecule has 0 unspecified atom stereocenters. The van der Waals surface area contributed by atoms with Crippen molar-refractivity contribution in [2.45, 2.75) is 24.4 Å². The summed E-state index contributed by atoms with van der Waals surface area (Å²) in [4.78, 5) is 20.2. The molecule has 0 spiro atoms. The number of hydrogen-bond donors (Lipinski definition) is 6. The van der Waals surface area contributed by atoms with Gasteiger partial charge < -0.3 is 33.5 Å². The number of rotatable bonds is 5. The Balaban J connectivity index is -0.000000141. The smallest absolute Gasteiger partial charge is 1.00 e. The molecule has 0 saturated carbocycles. The maximum Gasteiger partial charge on any atom is 1.00 e. The van der Waals surface area contributed by atoms with E-state index in [1.807, 2.05) is 0 Å². The molecule has 0 amide bonds. The van der Waals surface area contributed by atoms with Crippen molar-refractivity contribution in [2.24, 2.45) is 0 Å². The minimum absolute atomic E-state index is 0. The third kappa shape index (κ3) is 6.50. The normalized spacial score (nSPS) is 17.0. The predicted molar refractivity (Wildman–Crippen MR) is 41.5 cm³/mol. The van der Waals surface area contributed by atoms with E-state index < -0.39 is 36.4 Å². The largest absolute Gasteiger partial charge is 1.00 e. The minimum atomic E-state index is -2.36. The molecule has 8 nitrogen and oxygen atoms in total. The number of aliphatic carboxylic acids is 2. The van der Waals surface area contributed by atoms with Crippen molar-refractivity contribution >= 4 is 11.9 Å². The van der Waals surface area contributed by atoms with Gasteiger partial charge in [-0.2, -0.15) is 0 Å². The van der Waals surface area contributed by atoms with E-state index in [2.05, 4.69) is 0 Å². The van der Waals surface area contributed by atoms with Crippen molar-refractivity contribution < 1.29 is 102 Å². The first-order valence-corrected chi connectivity index (χ1v) is 3.47. The van der Waals surface area contributed by atoms with E-state index in [4.69, 9.17) is 30.6 Å². The van der Waals surface area contributed by atoms with Gasteiger partial charge >= 0.3 is 71.1 Å². The third-order valence-corrected chi connectivity index (χ3v) is 1.50. The fourth-order valence-electron chi connectivity index (χ4n) is 0.666. The van der Waals surface area contributed by atoms with Gasteiger partial charge in [-0.3, -0.25) is 0 Å². The zero-order valence-electron chi connectivity index (χ0n) is 10.8. The van der Waals surface area contributed by atoms with Crippen molar-refractivity contribution in [2.75, 3.05) is 0 Å². The van der Waals surface area contributed by atoms with Gasteiger partial charge in [0.15, 0.2) is 12.2 Å². The maximum atomic E-state index is 10.1. The molecular weight excluding hydrogens is 246 g/mol. The fourth-order valence-corrected chi connectivity index (χ4v) is 0.666. The van der Waals surface area contributed by atoms with Crippen LogP contribution in [0.1, 0.15) is 2.85 Å². The Morgan fingerprint density at radius 2 is 0.938 bits per heavy atom. The van der Waals surface area contributed by atoms with Crippen molar-refractivity contribution in [3.63, 3.8) is 0 Å². The molecule has 0 heterocycles. The Labute approximate surface area is 137 Å². The topological polar surface area (TPSA) is 156 Å². The molecule has 0 bridgehead atoms. The molecule has 0 aromatic carbocycles. The molecule has 86 valence electrons. The van der Waals surface area contributed by atoms with Crippen molar-refractivity contribution in [1.82, 2.24) is 0 Å². The van der Waals surface area contributed by atoms with Crippen LogP contribution in [0.5, 0.6) is 0 Å². The van der Waals surface area contributed by atoms with Crippen molar-refractivity contribution in [3.8, 4) is 0 Å². The minimum Gasteiger partial charge on any atom is -1.00 e. The third-order valence-electron chi connectivity index (χ3n) is 1.50. The van der Waals surface area contributed by atoms with E-state index >= 15 is 0 Å². The Morgan fingerprint density at radius 3 is 1.06 bits per heavy atom. The van der Waals surface area contributed by atoms with E-state index in [1.54, 1.807) is 0 Å². The van der Waals surface area contributed by atoms with Crippen LogP contribution in [0.25, 0.3) is 0 Å². The van der Waals surface area contributed by atoms with Crippen LogP contribution in [-0.2, 0) is 9.59 Å². The molecule has 16 heavy (non-hydrogen) atoms. The monoisotopic (exact) mass is 258 g/mol. The molecule has 0 saturated heterocycles. The Bertz CT molecular complexity index is 220. The first kappa shape index (κ1) is 22.0. The summed E-state index contributed by atoms with van der Waals surface area (Å²) in [6, 6.07) is 0. The van der Waals surface area contributed by atoms with Gasteiger partial charge in [0, 0.05) is 0 Å². The Kier molecular flexibility index (Phi) is 13.4. The summed E-state index contributed by atoms with van der Waals surface area (Å²) in [5.74, 6) is -3.68. The second kappa shape index (κ2) is 9.77. The van der Waals surface area contributed by atoms with Crippen LogP contribution < -0.4 is 59.1 Å². The van der Waals surface area contributed by atoms with Gasteiger partial charge in [0.05, 0.1) is 0 Å². The molecule has 0 rings (SSSR count). The van der Waals surface area contributed by atoms with Crippen LogP contribution in [0.3, 0.4) is 0 Å². The molecule has 0 fully saturated rings. The quantitative estimate of drug-likeness (QED) is 0.265. The van der Waals surface area contributed by atoms with Crippen LogP contribution in [0, 0.1) is 0 Å². The van der Waals surface area contributed by atoms with E-state index in [9.17, 15) is 9.59 Å². The second-order valence-electron chi connectivity index (χ2n) is 2.55. The average Bonchev–Trinajstić information content (AvgIpc) is 2.12. The Morgan fingerprint density at radius 1 is 0.750 bits per heavy atom. The fraction of sp³-hybridized carbons (Fsp3) is 0.667. The standard InChI is InChI=1S/C6H10O8.2Na.2H/c7-1(3(9)5(11)12)2(8)4(10)6(13)14;;;;/h1-4,7-10H,(H,11,12)(H,13,14);;;;/q;2*+1;2*-1/t1-,2-,3-,4+;;;;/m0..../s1. The summed E-state index contributed by atoms with van der Waals surface area (Å²) in [6.45, 7) is 0. The molecule has 0 aromatic heterocycles. The summed E-state index contributed by atoms with van der Waals surface area (Å²) in [6.07, 6.45) is -9.28. The van der Waals surface area contributed by atoms with Gasteiger partial charge in [0.2, 0.25) is 0 Å². The maximum absolute atomic E-state index is 10.1. The number of carbonyl (C=O) groups is 2. The van der Waals surface area contributed by atoms with E-state index in [0.717, 1.165) is 0 Å². The van der Waals surface area contributed by atoms with Crippen LogP contribution >= 0.6 is 0 Å². The van der Waals surface area contributed by atoms with E-state index in [0.29, 0.717) is 0 Å². The molecule has 0 aliphatic rings. The molecule has 4 atom stereocenters. The predicted octanol–water partition coefficient (Wildman–Crippen LogP) is -9.17. The molecule has 0 aromatic rings. The molecular formula is C6H12Na2O8.